The maximum absolute atomic E-state index is 12.7. The Labute approximate surface area is 155 Å². The largest absolute Gasteiger partial charge is 0.375 e. The molecule has 0 bridgehead atoms. The van der Waals surface area contributed by atoms with Gasteiger partial charge >= 0.3 is 0 Å². The number of primary amides is 1. The van der Waals surface area contributed by atoms with Gasteiger partial charge in [-0.2, -0.15) is 0 Å². The van der Waals surface area contributed by atoms with E-state index in [1.54, 1.807) is 11.8 Å². The number of hydrogen-bond donors (Lipinski definition) is 2. The molecule has 1 aliphatic heterocycles. The van der Waals surface area contributed by atoms with Gasteiger partial charge in [0.1, 0.15) is 0 Å². The van der Waals surface area contributed by atoms with Crippen molar-refractivity contribution in [1.82, 2.24) is 0 Å². The van der Waals surface area contributed by atoms with Crippen molar-refractivity contribution in [1.29, 1.82) is 0 Å². The number of nitrogens with two attached hydrogens (primary N) is 1. The van der Waals surface area contributed by atoms with Gasteiger partial charge in [-0.25, -0.2) is 0 Å². The molecule has 2 amide bonds. The van der Waals surface area contributed by atoms with Crippen LogP contribution in [0, 0.1) is 0 Å². The average Bonchev–Trinajstić information content (AvgIpc) is 2.64. The molecule has 5 nitrogen and oxygen atoms in total. The van der Waals surface area contributed by atoms with Crippen LogP contribution in [0.4, 0.5) is 11.4 Å². The van der Waals surface area contributed by atoms with Gasteiger partial charge in [-0.05, 0) is 24.3 Å². The number of para-hydroxylation sites is 2. The number of nitrogens with zero attached hydrogens (tertiary/aromatic N) is 1. The fourth-order valence-corrected chi connectivity index (χ4v) is 4.35. The third-order valence-corrected chi connectivity index (χ3v) is 5.86. The molecule has 1 heterocycles. The highest BCUT2D eigenvalue weighted by Crippen LogP contribution is 2.34. The van der Waals surface area contributed by atoms with Crippen molar-refractivity contribution in [2.24, 2.45) is 5.73 Å². The van der Waals surface area contributed by atoms with E-state index in [9.17, 15) is 9.59 Å². The Kier molecular flexibility index (Phi) is 5.88. The maximum atomic E-state index is 12.7. The molecule has 0 radical (unpaired) electrons. The first-order valence-electron chi connectivity index (χ1n) is 7.91. The lowest BCUT2D eigenvalue weighted by Gasteiger charge is -2.29. The molecule has 2 aromatic carbocycles. The molecular weight excluding hydrogens is 354 g/mol. The molecule has 0 aliphatic carbocycles. The number of carbonyl (C=O) groups is 2. The van der Waals surface area contributed by atoms with Gasteiger partial charge in [0.15, 0.2) is 0 Å². The number of hydrogen-bond acceptors (Lipinski definition) is 5. The number of benzene rings is 2. The topological polar surface area (TPSA) is 75.4 Å². The van der Waals surface area contributed by atoms with Crippen LogP contribution in [-0.4, -0.2) is 36.4 Å². The highest BCUT2D eigenvalue weighted by molar-refractivity contribution is 8.00. The highest BCUT2D eigenvalue weighted by atomic mass is 32.2. The predicted octanol–water partition coefficient (Wildman–Crippen LogP) is 2.81. The normalized spacial score (nSPS) is 13.2. The van der Waals surface area contributed by atoms with E-state index < -0.39 is 0 Å². The number of thioether (sulfide) groups is 2. The molecule has 2 aromatic rings. The zero-order valence-corrected chi connectivity index (χ0v) is 15.2. The fraction of sp³-hybridized carbons (Fsp3) is 0.222. The number of carbonyl (C=O) groups excluding carboxylic acids is 2. The lowest BCUT2D eigenvalue weighted by atomic mass is 10.2. The number of rotatable bonds is 6. The molecule has 0 atom stereocenters. The summed E-state index contributed by atoms with van der Waals surface area (Å²) in [5.74, 6) is 0.776. The minimum atomic E-state index is -0.363. The van der Waals surface area contributed by atoms with Crippen LogP contribution in [0.15, 0.2) is 58.3 Å². The first-order valence-corrected chi connectivity index (χ1v) is 9.88. The molecule has 0 spiro atoms. The third kappa shape index (κ3) is 4.49. The second kappa shape index (κ2) is 8.31. The van der Waals surface area contributed by atoms with E-state index in [4.69, 9.17) is 5.73 Å². The lowest BCUT2D eigenvalue weighted by Crippen LogP contribution is -2.39. The molecule has 3 rings (SSSR count). The third-order valence-electron chi connectivity index (χ3n) is 3.72. The van der Waals surface area contributed by atoms with Crippen molar-refractivity contribution in [2.45, 2.75) is 9.79 Å². The van der Waals surface area contributed by atoms with E-state index in [2.05, 4.69) is 5.32 Å². The Morgan fingerprint density at radius 3 is 2.76 bits per heavy atom. The van der Waals surface area contributed by atoms with Crippen LogP contribution >= 0.6 is 23.5 Å². The Bertz CT molecular complexity index is 782. The zero-order valence-electron chi connectivity index (χ0n) is 13.6. The Morgan fingerprint density at radius 2 is 1.92 bits per heavy atom. The van der Waals surface area contributed by atoms with E-state index in [1.807, 2.05) is 53.4 Å². The van der Waals surface area contributed by atoms with Crippen LogP contribution in [0.5, 0.6) is 0 Å². The monoisotopic (exact) mass is 373 g/mol. The van der Waals surface area contributed by atoms with Gasteiger partial charge in [-0.1, -0.05) is 24.3 Å². The van der Waals surface area contributed by atoms with E-state index in [1.165, 1.54) is 11.8 Å². The summed E-state index contributed by atoms with van der Waals surface area (Å²) in [7, 11) is 0. The van der Waals surface area contributed by atoms with Gasteiger partial charge in [-0.3, -0.25) is 9.59 Å². The van der Waals surface area contributed by atoms with E-state index >= 15 is 0 Å². The highest BCUT2D eigenvalue weighted by Gasteiger charge is 2.22. The van der Waals surface area contributed by atoms with E-state index in [0.717, 1.165) is 26.9 Å². The molecule has 1 aliphatic rings. The quantitative estimate of drug-likeness (QED) is 0.762. The van der Waals surface area contributed by atoms with Gasteiger partial charge in [0.05, 0.1) is 18.0 Å². The second-order valence-electron chi connectivity index (χ2n) is 5.47. The minimum absolute atomic E-state index is 0.0301. The first kappa shape index (κ1) is 17.7. The van der Waals surface area contributed by atoms with E-state index in [-0.39, 0.29) is 24.1 Å². The van der Waals surface area contributed by atoms with Crippen molar-refractivity contribution < 1.29 is 9.59 Å². The Hall–Kier alpha value is -2.12. The van der Waals surface area contributed by atoms with Crippen molar-refractivity contribution in [3.05, 3.63) is 48.5 Å². The molecule has 0 unspecified atom stereocenters. The smallest absolute Gasteiger partial charge is 0.246 e. The van der Waals surface area contributed by atoms with Crippen LogP contribution in [-0.2, 0) is 9.59 Å². The number of fused-ring (bicyclic) bond motifs is 1. The molecule has 0 saturated carbocycles. The maximum Gasteiger partial charge on any atom is 0.246 e. The molecule has 0 aromatic heterocycles. The molecule has 3 N–H and O–H groups in total. The summed E-state index contributed by atoms with van der Waals surface area (Å²) in [5, 5.41) is 3.19. The van der Waals surface area contributed by atoms with Crippen molar-refractivity contribution in [3.8, 4) is 0 Å². The first-order chi connectivity index (χ1) is 12.1. The molecular formula is C18H19N3O2S2. The van der Waals surface area contributed by atoms with Gasteiger partial charge < -0.3 is 16.0 Å². The minimum Gasteiger partial charge on any atom is -0.375 e. The standard InChI is InChI=1S/C18H19N3O2S2/c19-17(22)12-25-15-7-3-1-5-13(15)20-11-18(23)21-9-10-24-16-8-4-2-6-14(16)21/h1-8,20H,9-12H2,(H2,19,22). The van der Waals surface area contributed by atoms with Crippen LogP contribution in [0.3, 0.4) is 0 Å². The predicted molar refractivity (Wildman–Crippen MR) is 104 cm³/mol. The molecule has 25 heavy (non-hydrogen) atoms. The summed E-state index contributed by atoms with van der Waals surface area (Å²) in [6.45, 7) is 0.910. The summed E-state index contributed by atoms with van der Waals surface area (Å²) in [4.78, 5) is 27.6. The molecule has 0 fully saturated rings. The van der Waals surface area contributed by atoms with Crippen LogP contribution in [0.1, 0.15) is 0 Å². The Morgan fingerprint density at radius 1 is 1.16 bits per heavy atom. The average molecular weight is 374 g/mol. The molecule has 7 heteroatoms. The van der Waals surface area contributed by atoms with Gasteiger partial charge in [0.2, 0.25) is 11.8 Å². The number of nitrogens with one attached hydrogen (secondary N) is 1. The summed E-state index contributed by atoms with van der Waals surface area (Å²) in [5.41, 5.74) is 7.02. The molecule has 0 saturated heterocycles. The zero-order chi connectivity index (χ0) is 17.6. The fourth-order valence-electron chi connectivity index (χ4n) is 2.58. The summed E-state index contributed by atoms with van der Waals surface area (Å²) >= 11 is 3.14. The number of amides is 2. The summed E-state index contributed by atoms with van der Waals surface area (Å²) < 4.78 is 0. The molecule has 130 valence electrons. The van der Waals surface area contributed by atoms with Gasteiger partial charge in [0, 0.05) is 27.8 Å². The van der Waals surface area contributed by atoms with Gasteiger partial charge in [0.25, 0.3) is 0 Å². The Balaban J connectivity index is 1.67. The van der Waals surface area contributed by atoms with Gasteiger partial charge in [-0.15, -0.1) is 23.5 Å². The lowest BCUT2D eigenvalue weighted by molar-refractivity contribution is -0.117. The number of anilines is 2. The van der Waals surface area contributed by atoms with Crippen LogP contribution < -0.4 is 16.0 Å². The van der Waals surface area contributed by atoms with Crippen molar-refractivity contribution in [2.75, 3.05) is 34.8 Å². The van der Waals surface area contributed by atoms with Crippen LogP contribution in [0.2, 0.25) is 0 Å². The van der Waals surface area contributed by atoms with Crippen molar-refractivity contribution >= 4 is 46.7 Å². The van der Waals surface area contributed by atoms with Crippen molar-refractivity contribution in [3.63, 3.8) is 0 Å². The van der Waals surface area contributed by atoms with Crippen LogP contribution in [0.25, 0.3) is 0 Å². The van der Waals surface area contributed by atoms with E-state index in [0.29, 0.717) is 6.54 Å². The summed E-state index contributed by atoms with van der Waals surface area (Å²) in [6, 6.07) is 15.6. The second-order valence-corrected chi connectivity index (χ2v) is 7.62. The SMILES string of the molecule is NC(=O)CSc1ccccc1NCC(=O)N1CCSc2ccccc21. The summed E-state index contributed by atoms with van der Waals surface area (Å²) in [6.07, 6.45) is 0.